The van der Waals surface area contributed by atoms with Gasteiger partial charge in [-0.25, -0.2) is 0 Å². The van der Waals surface area contributed by atoms with Crippen molar-refractivity contribution in [1.82, 2.24) is 10.6 Å². The number of benzene rings is 2. The van der Waals surface area contributed by atoms with Crippen LogP contribution in [0.5, 0.6) is 5.75 Å². The summed E-state index contributed by atoms with van der Waals surface area (Å²) in [7, 11) is 0. The maximum Gasteiger partial charge on any atom is 0.257 e. The summed E-state index contributed by atoms with van der Waals surface area (Å²) in [6.07, 6.45) is 3.08. The van der Waals surface area contributed by atoms with Crippen molar-refractivity contribution in [2.45, 2.75) is 45.3 Å². The predicted octanol–water partition coefficient (Wildman–Crippen LogP) is 3.90. The van der Waals surface area contributed by atoms with Crippen LogP contribution in [0.3, 0.4) is 0 Å². The van der Waals surface area contributed by atoms with Crippen molar-refractivity contribution in [2.24, 2.45) is 0 Å². The highest BCUT2D eigenvalue weighted by molar-refractivity contribution is 7.80. The number of anilines is 1. The number of rotatable bonds is 8. The van der Waals surface area contributed by atoms with Gasteiger partial charge in [0.1, 0.15) is 5.75 Å². The molecule has 2 atom stereocenters. The van der Waals surface area contributed by atoms with E-state index in [0.29, 0.717) is 29.1 Å². The van der Waals surface area contributed by atoms with Gasteiger partial charge in [0.2, 0.25) is 0 Å². The van der Waals surface area contributed by atoms with Gasteiger partial charge < -0.3 is 20.1 Å². The van der Waals surface area contributed by atoms with Gasteiger partial charge in [-0.2, -0.15) is 0 Å². The van der Waals surface area contributed by atoms with Crippen molar-refractivity contribution in [1.29, 1.82) is 0 Å². The molecule has 8 heteroatoms. The van der Waals surface area contributed by atoms with Crippen LogP contribution in [-0.4, -0.2) is 42.3 Å². The van der Waals surface area contributed by atoms with Crippen LogP contribution in [0.15, 0.2) is 48.5 Å². The zero-order valence-electron chi connectivity index (χ0n) is 18.4. The maximum atomic E-state index is 12.5. The molecule has 2 aromatic carbocycles. The minimum Gasteiger partial charge on any atom is -0.491 e. The first-order chi connectivity index (χ1) is 15.4. The van der Waals surface area contributed by atoms with Gasteiger partial charge in [-0.1, -0.05) is 13.0 Å². The molecule has 1 aliphatic rings. The van der Waals surface area contributed by atoms with Gasteiger partial charge in [0.25, 0.3) is 11.8 Å². The van der Waals surface area contributed by atoms with E-state index in [0.717, 1.165) is 25.9 Å². The summed E-state index contributed by atoms with van der Waals surface area (Å²) in [5, 5.41) is 8.64. The SMILES string of the molecule is CCC(C)Oc1ccc(C(=O)NC(=S)Nc2cccc(C(=O)NCC3CCCO3)c2)cc1. The monoisotopic (exact) mass is 455 g/mol. The van der Waals surface area contributed by atoms with Gasteiger partial charge in [0.05, 0.1) is 12.2 Å². The second-order valence-electron chi connectivity index (χ2n) is 7.70. The first-order valence-electron chi connectivity index (χ1n) is 10.8. The third-order valence-electron chi connectivity index (χ3n) is 5.15. The van der Waals surface area contributed by atoms with E-state index < -0.39 is 0 Å². The van der Waals surface area contributed by atoms with Gasteiger partial charge in [0, 0.05) is 30.0 Å². The smallest absolute Gasteiger partial charge is 0.257 e. The number of carbonyl (C=O) groups is 2. The summed E-state index contributed by atoms with van der Waals surface area (Å²) in [6.45, 7) is 5.28. The molecule has 0 saturated carbocycles. The summed E-state index contributed by atoms with van der Waals surface area (Å²) in [5.41, 5.74) is 1.57. The molecular weight excluding hydrogens is 426 g/mol. The van der Waals surface area contributed by atoms with Crippen molar-refractivity contribution in [3.05, 3.63) is 59.7 Å². The second kappa shape index (κ2) is 11.6. The van der Waals surface area contributed by atoms with Gasteiger partial charge in [-0.3, -0.25) is 14.9 Å². The van der Waals surface area contributed by atoms with E-state index in [1.165, 1.54) is 0 Å². The number of hydrogen-bond acceptors (Lipinski definition) is 5. The topological polar surface area (TPSA) is 88.7 Å². The summed E-state index contributed by atoms with van der Waals surface area (Å²) in [6, 6.07) is 13.8. The molecule has 0 radical (unpaired) electrons. The highest BCUT2D eigenvalue weighted by Gasteiger charge is 2.17. The summed E-state index contributed by atoms with van der Waals surface area (Å²) in [4.78, 5) is 24.9. The molecule has 0 aliphatic carbocycles. The van der Waals surface area contributed by atoms with Gasteiger partial charge in [-0.05, 0) is 80.9 Å². The Bertz CT molecular complexity index is 943. The predicted molar refractivity (Wildman–Crippen MR) is 128 cm³/mol. The summed E-state index contributed by atoms with van der Waals surface area (Å²) < 4.78 is 11.3. The van der Waals surface area contributed by atoms with E-state index in [1.807, 2.05) is 13.8 Å². The molecule has 0 aromatic heterocycles. The average Bonchev–Trinajstić information content (AvgIpc) is 3.31. The molecule has 3 rings (SSSR count). The first-order valence-corrected chi connectivity index (χ1v) is 11.2. The third kappa shape index (κ3) is 7.03. The largest absolute Gasteiger partial charge is 0.491 e. The molecule has 2 amide bonds. The minimum absolute atomic E-state index is 0.0821. The Hall–Kier alpha value is -2.97. The van der Waals surface area contributed by atoms with E-state index in [9.17, 15) is 9.59 Å². The molecule has 2 aromatic rings. The lowest BCUT2D eigenvalue weighted by molar-refractivity contribution is 0.0857. The van der Waals surface area contributed by atoms with E-state index in [1.54, 1.807) is 48.5 Å². The Morgan fingerprint density at radius 3 is 2.62 bits per heavy atom. The lowest BCUT2D eigenvalue weighted by atomic mass is 10.1. The fourth-order valence-corrected chi connectivity index (χ4v) is 3.40. The average molecular weight is 456 g/mol. The Morgan fingerprint density at radius 1 is 1.16 bits per heavy atom. The van der Waals surface area contributed by atoms with Crippen molar-refractivity contribution in [3.63, 3.8) is 0 Å². The van der Waals surface area contributed by atoms with Gasteiger partial charge in [0.15, 0.2) is 5.11 Å². The minimum atomic E-state index is -0.331. The molecule has 2 unspecified atom stereocenters. The Labute approximate surface area is 193 Å². The molecule has 1 heterocycles. The van der Waals surface area contributed by atoms with E-state index in [-0.39, 0.29) is 29.1 Å². The zero-order chi connectivity index (χ0) is 22.9. The van der Waals surface area contributed by atoms with Crippen LogP contribution < -0.4 is 20.7 Å². The number of hydrogen-bond donors (Lipinski definition) is 3. The van der Waals surface area contributed by atoms with Crippen molar-refractivity contribution in [2.75, 3.05) is 18.5 Å². The molecule has 1 aliphatic heterocycles. The van der Waals surface area contributed by atoms with Gasteiger partial charge in [-0.15, -0.1) is 0 Å². The maximum absolute atomic E-state index is 12.5. The third-order valence-corrected chi connectivity index (χ3v) is 5.36. The van der Waals surface area contributed by atoms with Crippen molar-refractivity contribution in [3.8, 4) is 5.75 Å². The number of nitrogens with one attached hydrogen (secondary N) is 3. The van der Waals surface area contributed by atoms with Crippen LogP contribution in [-0.2, 0) is 4.74 Å². The molecule has 0 bridgehead atoms. The van der Waals surface area contributed by atoms with E-state index in [4.69, 9.17) is 21.7 Å². The lowest BCUT2D eigenvalue weighted by Crippen LogP contribution is -2.34. The molecular formula is C24H29N3O4S. The van der Waals surface area contributed by atoms with Crippen LogP contribution >= 0.6 is 12.2 Å². The molecule has 0 spiro atoms. The quantitative estimate of drug-likeness (QED) is 0.523. The van der Waals surface area contributed by atoms with Crippen LogP contribution in [0.2, 0.25) is 0 Å². The standard InChI is InChI=1S/C24H29N3O4S/c1-3-16(2)31-20-11-9-17(10-12-20)23(29)27-24(32)26-19-7-4-6-18(14-19)22(28)25-15-21-8-5-13-30-21/h4,6-7,9-12,14,16,21H,3,5,8,13,15H2,1-2H3,(H,25,28)(H2,26,27,29,32). The van der Waals surface area contributed by atoms with Crippen LogP contribution in [0, 0.1) is 0 Å². The number of thiocarbonyl (C=S) groups is 1. The summed E-state index contributed by atoms with van der Waals surface area (Å²) in [5.74, 6) is 0.202. The lowest BCUT2D eigenvalue weighted by Gasteiger charge is -2.13. The van der Waals surface area contributed by atoms with Crippen molar-refractivity contribution < 1.29 is 19.1 Å². The highest BCUT2D eigenvalue weighted by Crippen LogP contribution is 2.16. The molecule has 1 fully saturated rings. The Kier molecular flexibility index (Phi) is 8.58. The highest BCUT2D eigenvalue weighted by atomic mass is 32.1. The number of carbonyl (C=O) groups excluding carboxylic acids is 2. The van der Waals surface area contributed by atoms with Crippen LogP contribution in [0.4, 0.5) is 5.69 Å². The van der Waals surface area contributed by atoms with E-state index >= 15 is 0 Å². The molecule has 32 heavy (non-hydrogen) atoms. The molecule has 170 valence electrons. The normalized spacial score (nSPS) is 16.1. The summed E-state index contributed by atoms with van der Waals surface area (Å²) >= 11 is 5.26. The van der Waals surface area contributed by atoms with Crippen LogP contribution in [0.1, 0.15) is 53.8 Å². The fourth-order valence-electron chi connectivity index (χ4n) is 3.19. The van der Waals surface area contributed by atoms with Crippen molar-refractivity contribution >= 4 is 34.8 Å². The number of amides is 2. The Balaban J connectivity index is 1.51. The molecule has 7 nitrogen and oxygen atoms in total. The molecule has 3 N–H and O–H groups in total. The second-order valence-corrected chi connectivity index (χ2v) is 8.10. The zero-order valence-corrected chi connectivity index (χ0v) is 19.2. The number of ether oxygens (including phenoxy) is 2. The molecule has 1 saturated heterocycles. The first kappa shape index (κ1) is 23.7. The fraction of sp³-hybridized carbons (Fsp3) is 0.375. The van der Waals surface area contributed by atoms with Gasteiger partial charge >= 0.3 is 0 Å². The van der Waals surface area contributed by atoms with E-state index in [2.05, 4.69) is 16.0 Å². The van der Waals surface area contributed by atoms with Crippen LogP contribution in [0.25, 0.3) is 0 Å². The Morgan fingerprint density at radius 2 is 1.94 bits per heavy atom.